The van der Waals surface area contributed by atoms with Crippen molar-refractivity contribution in [3.63, 3.8) is 0 Å². The number of ether oxygens (including phenoxy) is 2. The zero-order valence-electron chi connectivity index (χ0n) is 13.5. The lowest BCUT2D eigenvalue weighted by Gasteiger charge is -2.26. The molecule has 7 heteroatoms. The van der Waals surface area contributed by atoms with E-state index in [1.165, 1.54) is 0 Å². The van der Waals surface area contributed by atoms with Crippen LogP contribution < -0.4 is 9.47 Å². The first-order valence-corrected chi connectivity index (χ1v) is 10.5. The summed E-state index contributed by atoms with van der Waals surface area (Å²) in [6, 6.07) is 12.4. The number of sulfonamides is 1. The number of fused-ring (bicyclic) bond motifs is 1. The first-order chi connectivity index (χ1) is 12.1. The minimum Gasteiger partial charge on any atom is -0.486 e. The van der Waals surface area contributed by atoms with E-state index in [0.29, 0.717) is 30.4 Å². The van der Waals surface area contributed by atoms with Crippen LogP contribution in [0.4, 0.5) is 0 Å². The maximum absolute atomic E-state index is 13.1. The van der Waals surface area contributed by atoms with Crippen LogP contribution in [0, 0.1) is 0 Å². The molecule has 4 rings (SSSR count). The molecule has 0 N–H and O–H groups in total. The van der Waals surface area contributed by atoms with Gasteiger partial charge in [0.15, 0.2) is 11.5 Å². The second-order valence-corrected chi connectivity index (χ2v) is 8.94. The van der Waals surface area contributed by atoms with Crippen molar-refractivity contribution in [2.75, 3.05) is 19.8 Å². The largest absolute Gasteiger partial charge is 0.486 e. The number of benzene rings is 2. The van der Waals surface area contributed by atoms with Crippen molar-refractivity contribution in [1.29, 1.82) is 0 Å². The van der Waals surface area contributed by atoms with Gasteiger partial charge in [-0.25, -0.2) is 8.42 Å². The molecule has 2 heterocycles. The molecule has 5 nitrogen and oxygen atoms in total. The summed E-state index contributed by atoms with van der Waals surface area (Å²) in [6.07, 6.45) is 1.64. The fourth-order valence-corrected chi connectivity index (χ4v) is 5.67. The first-order valence-electron chi connectivity index (χ1n) is 8.23. The van der Waals surface area contributed by atoms with Crippen LogP contribution in [-0.4, -0.2) is 32.5 Å². The van der Waals surface area contributed by atoms with Gasteiger partial charge >= 0.3 is 0 Å². The molecule has 0 spiro atoms. The van der Waals surface area contributed by atoms with Gasteiger partial charge in [0.2, 0.25) is 10.0 Å². The molecule has 1 fully saturated rings. The van der Waals surface area contributed by atoms with E-state index < -0.39 is 10.0 Å². The third-order valence-electron chi connectivity index (χ3n) is 4.56. The van der Waals surface area contributed by atoms with Crippen molar-refractivity contribution in [3.05, 3.63) is 52.5 Å². The molecule has 0 bridgehead atoms. The summed E-state index contributed by atoms with van der Waals surface area (Å²) in [7, 11) is -3.55. The topological polar surface area (TPSA) is 55.8 Å². The molecule has 132 valence electrons. The highest BCUT2D eigenvalue weighted by molar-refractivity contribution is 9.10. The van der Waals surface area contributed by atoms with Gasteiger partial charge in [-0.05, 0) is 48.7 Å². The van der Waals surface area contributed by atoms with E-state index in [2.05, 4.69) is 15.9 Å². The van der Waals surface area contributed by atoms with E-state index in [1.54, 1.807) is 22.5 Å². The molecule has 0 aromatic heterocycles. The molecule has 1 atom stereocenters. The average Bonchev–Trinajstić information content (AvgIpc) is 3.12. The quantitative estimate of drug-likeness (QED) is 0.754. The Kier molecular flexibility index (Phi) is 4.47. The van der Waals surface area contributed by atoms with Crippen molar-refractivity contribution in [3.8, 4) is 11.5 Å². The fourth-order valence-electron chi connectivity index (χ4n) is 3.39. The van der Waals surface area contributed by atoms with E-state index in [0.717, 1.165) is 28.6 Å². The summed E-state index contributed by atoms with van der Waals surface area (Å²) in [5.41, 5.74) is 0.945. The van der Waals surface area contributed by atoms with E-state index in [4.69, 9.17) is 9.47 Å². The lowest BCUT2D eigenvalue weighted by molar-refractivity contribution is 0.171. The highest BCUT2D eigenvalue weighted by Gasteiger charge is 2.36. The summed E-state index contributed by atoms with van der Waals surface area (Å²) >= 11 is 3.35. The normalized spacial score (nSPS) is 20.6. The second-order valence-electron chi connectivity index (χ2n) is 6.13. The maximum atomic E-state index is 13.1. The van der Waals surface area contributed by atoms with Crippen LogP contribution >= 0.6 is 15.9 Å². The Balaban J connectivity index is 1.69. The van der Waals surface area contributed by atoms with Gasteiger partial charge in [-0.1, -0.05) is 28.1 Å². The monoisotopic (exact) mass is 423 g/mol. The molecule has 25 heavy (non-hydrogen) atoms. The van der Waals surface area contributed by atoms with Gasteiger partial charge in [-0.15, -0.1) is 0 Å². The van der Waals surface area contributed by atoms with Gasteiger partial charge in [0.1, 0.15) is 13.2 Å². The SMILES string of the molecule is O=S(=O)(c1cccc(Br)c1)N1CCCC1c1ccc2c(c1)OCCO2. The highest BCUT2D eigenvalue weighted by atomic mass is 79.9. The zero-order chi connectivity index (χ0) is 17.4. The molecule has 1 saturated heterocycles. The fraction of sp³-hybridized carbons (Fsp3) is 0.333. The third-order valence-corrected chi connectivity index (χ3v) is 6.95. The Hall–Kier alpha value is -1.57. The molecule has 0 amide bonds. The summed E-state index contributed by atoms with van der Waals surface area (Å²) in [4.78, 5) is 0.311. The minimum absolute atomic E-state index is 0.181. The predicted octanol–water partition coefficient (Wildman–Crippen LogP) is 3.75. The Labute approximate surface area is 155 Å². The third kappa shape index (κ3) is 3.16. The molecule has 1 unspecified atom stereocenters. The Bertz CT molecular complexity index is 900. The molecule has 0 radical (unpaired) electrons. The molecular weight excluding hydrogens is 406 g/mol. The second kappa shape index (κ2) is 6.63. The van der Waals surface area contributed by atoms with E-state index in [-0.39, 0.29) is 6.04 Å². The molecule has 2 aliphatic heterocycles. The van der Waals surface area contributed by atoms with Crippen molar-refractivity contribution in [1.82, 2.24) is 4.31 Å². The van der Waals surface area contributed by atoms with Gasteiger partial charge in [-0.2, -0.15) is 4.31 Å². The van der Waals surface area contributed by atoms with Gasteiger partial charge < -0.3 is 9.47 Å². The smallest absolute Gasteiger partial charge is 0.243 e. The number of hydrogen-bond acceptors (Lipinski definition) is 4. The van der Waals surface area contributed by atoms with Gasteiger partial charge in [0.05, 0.1) is 10.9 Å². The maximum Gasteiger partial charge on any atom is 0.243 e. The van der Waals surface area contributed by atoms with Gasteiger partial charge in [-0.3, -0.25) is 0 Å². The van der Waals surface area contributed by atoms with Crippen LogP contribution in [0.5, 0.6) is 11.5 Å². The van der Waals surface area contributed by atoms with Crippen molar-refractivity contribution >= 4 is 26.0 Å². The molecule has 2 aromatic carbocycles. The first kappa shape index (κ1) is 16.9. The van der Waals surface area contributed by atoms with E-state index >= 15 is 0 Å². The Morgan fingerprint density at radius 1 is 1.04 bits per heavy atom. The molecular formula is C18H18BrNO4S. The van der Waals surface area contributed by atoms with Crippen molar-refractivity contribution in [2.45, 2.75) is 23.8 Å². The standard InChI is InChI=1S/C18H18BrNO4S/c19-14-3-1-4-15(12-14)25(21,22)20-8-2-5-16(20)13-6-7-17-18(11-13)24-10-9-23-17/h1,3-4,6-7,11-12,16H,2,5,8-10H2. The molecule has 0 aliphatic carbocycles. The van der Waals surface area contributed by atoms with E-state index in [1.807, 2.05) is 24.3 Å². The van der Waals surface area contributed by atoms with Crippen molar-refractivity contribution < 1.29 is 17.9 Å². The minimum atomic E-state index is -3.55. The average molecular weight is 424 g/mol. The summed E-state index contributed by atoms with van der Waals surface area (Å²) in [5.74, 6) is 1.41. The number of halogens is 1. The summed E-state index contributed by atoms with van der Waals surface area (Å²) in [6.45, 7) is 1.58. The van der Waals surface area contributed by atoms with Gasteiger partial charge in [0, 0.05) is 11.0 Å². The molecule has 2 aliphatic rings. The van der Waals surface area contributed by atoms with Crippen LogP contribution in [-0.2, 0) is 10.0 Å². The summed E-state index contributed by atoms with van der Waals surface area (Å²) < 4.78 is 39.8. The molecule has 2 aromatic rings. The number of hydrogen-bond donors (Lipinski definition) is 0. The number of rotatable bonds is 3. The van der Waals surface area contributed by atoms with Crippen LogP contribution in [0.2, 0.25) is 0 Å². The lowest BCUT2D eigenvalue weighted by atomic mass is 10.0. The molecule has 0 saturated carbocycles. The predicted molar refractivity (Wildman–Crippen MR) is 97.4 cm³/mol. The van der Waals surface area contributed by atoms with E-state index in [9.17, 15) is 8.42 Å². The Morgan fingerprint density at radius 3 is 2.64 bits per heavy atom. The van der Waals surface area contributed by atoms with Crippen LogP contribution in [0.15, 0.2) is 51.8 Å². The highest BCUT2D eigenvalue weighted by Crippen LogP contribution is 2.40. The van der Waals surface area contributed by atoms with Crippen LogP contribution in [0.25, 0.3) is 0 Å². The Morgan fingerprint density at radius 2 is 1.84 bits per heavy atom. The zero-order valence-corrected chi connectivity index (χ0v) is 15.9. The van der Waals surface area contributed by atoms with Crippen LogP contribution in [0.1, 0.15) is 24.4 Å². The summed E-state index contributed by atoms with van der Waals surface area (Å²) in [5, 5.41) is 0. The van der Waals surface area contributed by atoms with Gasteiger partial charge in [0.25, 0.3) is 0 Å². The lowest BCUT2D eigenvalue weighted by Crippen LogP contribution is -2.30. The number of nitrogens with zero attached hydrogens (tertiary/aromatic N) is 1. The van der Waals surface area contributed by atoms with Crippen LogP contribution in [0.3, 0.4) is 0 Å². The van der Waals surface area contributed by atoms with Crippen molar-refractivity contribution in [2.24, 2.45) is 0 Å².